The van der Waals surface area contributed by atoms with Crippen LogP contribution >= 0.6 is 0 Å². The number of benzene rings is 1. The Balaban J connectivity index is 1.86. The van der Waals surface area contributed by atoms with Crippen LogP contribution in [0.5, 0.6) is 0 Å². The quantitative estimate of drug-likeness (QED) is 0.807. The molecular weight excluding hydrogens is 316 g/mol. The molecule has 1 aromatic heterocycles. The van der Waals surface area contributed by atoms with E-state index in [0.717, 1.165) is 18.5 Å². The summed E-state index contributed by atoms with van der Waals surface area (Å²) in [6.07, 6.45) is 6.25. The zero-order valence-corrected chi connectivity index (χ0v) is 13.6. The highest BCUT2D eigenvalue weighted by Gasteiger charge is 2.31. The van der Waals surface area contributed by atoms with Crippen LogP contribution in [0.1, 0.15) is 31.0 Å². The van der Waals surface area contributed by atoms with Crippen LogP contribution in [0.4, 0.5) is 17.6 Å². The lowest BCUT2D eigenvalue weighted by molar-refractivity contribution is -0.123. The molecule has 1 aliphatic rings. The van der Waals surface area contributed by atoms with Gasteiger partial charge in [0.15, 0.2) is 17.5 Å². The number of nitrogens with two attached hydrogens (primary N) is 1. The topological polar surface area (TPSA) is 118 Å². The lowest BCUT2D eigenvalue weighted by Gasteiger charge is -2.18. The number of carbonyl (C=O) groups is 1. The van der Waals surface area contributed by atoms with E-state index in [-0.39, 0.29) is 29.4 Å². The van der Waals surface area contributed by atoms with E-state index in [1.807, 2.05) is 48.6 Å². The minimum atomic E-state index is -1.04. The first-order chi connectivity index (χ1) is 12.2. The molecule has 0 aliphatic heterocycles. The molecule has 0 amide bonds. The van der Waals surface area contributed by atoms with E-state index in [0.29, 0.717) is 6.42 Å². The summed E-state index contributed by atoms with van der Waals surface area (Å²) in [5.74, 6) is -1.11. The molecule has 0 radical (unpaired) electrons. The van der Waals surface area contributed by atoms with Crippen molar-refractivity contribution in [3.63, 3.8) is 0 Å². The molecule has 0 saturated carbocycles. The van der Waals surface area contributed by atoms with Gasteiger partial charge in [0, 0.05) is 11.6 Å². The standard InChI is InChI=1S/C18H18N6O/c19-11-14(15(25)12-7-3-1-4-8-12)16-22-17(20)24-18(23-16)21-13-9-5-2-6-10-13/h1-3,5-6,9-10,12,14H,4,7-8H2,(H3,20,21,22,23,24). The molecule has 1 aliphatic carbocycles. The van der Waals surface area contributed by atoms with Crippen molar-refractivity contribution in [1.82, 2.24) is 15.0 Å². The van der Waals surface area contributed by atoms with Gasteiger partial charge in [-0.25, -0.2) is 0 Å². The monoisotopic (exact) mass is 334 g/mol. The number of nitrogens with one attached hydrogen (secondary N) is 1. The summed E-state index contributed by atoms with van der Waals surface area (Å²) in [7, 11) is 0. The van der Waals surface area contributed by atoms with Crippen molar-refractivity contribution in [3.8, 4) is 6.07 Å². The van der Waals surface area contributed by atoms with E-state index in [9.17, 15) is 10.1 Å². The highest BCUT2D eigenvalue weighted by Crippen LogP contribution is 2.26. The second-order valence-electron chi connectivity index (χ2n) is 5.81. The third kappa shape index (κ3) is 3.98. The van der Waals surface area contributed by atoms with Crippen molar-refractivity contribution in [1.29, 1.82) is 5.26 Å². The molecule has 7 nitrogen and oxygen atoms in total. The third-order valence-electron chi connectivity index (χ3n) is 4.04. The van der Waals surface area contributed by atoms with E-state index in [1.54, 1.807) is 0 Å². The molecule has 0 spiro atoms. The summed E-state index contributed by atoms with van der Waals surface area (Å²) in [5.41, 5.74) is 6.52. The van der Waals surface area contributed by atoms with Crippen LogP contribution in [-0.4, -0.2) is 20.7 Å². The van der Waals surface area contributed by atoms with Crippen molar-refractivity contribution in [2.45, 2.75) is 25.2 Å². The first-order valence-electron chi connectivity index (χ1n) is 8.09. The maximum absolute atomic E-state index is 12.7. The smallest absolute Gasteiger partial charge is 0.232 e. The van der Waals surface area contributed by atoms with Crippen LogP contribution in [0.15, 0.2) is 42.5 Å². The fourth-order valence-corrected chi connectivity index (χ4v) is 2.78. The summed E-state index contributed by atoms with van der Waals surface area (Å²) in [6.45, 7) is 0. The van der Waals surface area contributed by atoms with Gasteiger partial charge in [0.1, 0.15) is 0 Å². The Bertz CT molecular complexity index is 827. The largest absolute Gasteiger partial charge is 0.368 e. The van der Waals surface area contributed by atoms with Gasteiger partial charge in [0.25, 0.3) is 0 Å². The van der Waals surface area contributed by atoms with Crippen molar-refractivity contribution < 1.29 is 4.79 Å². The molecule has 25 heavy (non-hydrogen) atoms. The summed E-state index contributed by atoms with van der Waals surface area (Å²) < 4.78 is 0. The third-order valence-corrected chi connectivity index (χ3v) is 4.04. The van der Waals surface area contributed by atoms with Gasteiger partial charge in [-0.1, -0.05) is 30.4 Å². The SMILES string of the molecule is N#CC(C(=O)C1CC=CCC1)c1nc(N)nc(Nc2ccccc2)n1. The molecule has 0 fully saturated rings. The number of Topliss-reactive ketones (excluding diaryl/α,β-unsaturated/α-hetero) is 1. The van der Waals surface area contributed by atoms with Gasteiger partial charge >= 0.3 is 0 Å². The average molecular weight is 334 g/mol. The second-order valence-corrected chi connectivity index (χ2v) is 5.81. The molecule has 0 saturated heterocycles. The fraction of sp³-hybridized carbons (Fsp3) is 0.278. The maximum atomic E-state index is 12.7. The zero-order valence-electron chi connectivity index (χ0n) is 13.6. The number of nitrogens with zero attached hydrogens (tertiary/aromatic N) is 4. The number of hydrogen-bond donors (Lipinski definition) is 2. The van der Waals surface area contributed by atoms with Crippen molar-refractivity contribution >= 4 is 23.4 Å². The van der Waals surface area contributed by atoms with Crippen LogP contribution in [-0.2, 0) is 4.79 Å². The van der Waals surface area contributed by atoms with Crippen LogP contribution < -0.4 is 11.1 Å². The minimum absolute atomic E-state index is 0.0278. The summed E-state index contributed by atoms with van der Waals surface area (Å²) in [5, 5.41) is 12.5. The maximum Gasteiger partial charge on any atom is 0.232 e. The number of nitriles is 1. The van der Waals surface area contributed by atoms with Gasteiger partial charge in [0.2, 0.25) is 11.9 Å². The van der Waals surface area contributed by atoms with E-state index >= 15 is 0 Å². The first-order valence-corrected chi connectivity index (χ1v) is 8.09. The molecule has 2 atom stereocenters. The van der Waals surface area contributed by atoms with Gasteiger partial charge in [-0.3, -0.25) is 4.79 Å². The van der Waals surface area contributed by atoms with Gasteiger partial charge in [0.05, 0.1) is 6.07 Å². The van der Waals surface area contributed by atoms with Gasteiger partial charge in [-0.05, 0) is 31.4 Å². The molecule has 0 bridgehead atoms. The normalized spacial score (nSPS) is 17.5. The van der Waals surface area contributed by atoms with Crippen molar-refractivity contribution in [2.75, 3.05) is 11.1 Å². The van der Waals surface area contributed by atoms with Gasteiger partial charge in [-0.15, -0.1) is 0 Å². The molecule has 1 aromatic carbocycles. The summed E-state index contributed by atoms with van der Waals surface area (Å²) >= 11 is 0. The lowest BCUT2D eigenvalue weighted by Crippen LogP contribution is -2.24. The number of hydrogen-bond acceptors (Lipinski definition) is 7. The number of anilines is 3. The lowest BCUT2D eigenvalue weighted by atomic mass is 9.84. The molecule has 2 aromatic rings. The highest BCUT2D eigenvalue weighted by atomic mass is 16.1. The molecule has 7 heteroatoms. The number of nitrogen functional groups attached to an aromatic ring is 1. The van der Waals surface area contributed by atoms with Gasteiger partial charge in [-0.2, -0.15) is 20.2 Å². The molecule has 3 rings (SSSR count). The Kier molecular flexibility index (Phi) is 5.00. The Morgan fingerprint density at radius 3 is 2.72 bits per heavy atom. The van der Waals surface area contributed by atoms with E-state index in [2.05, 4.69) is 20.3 Å². The predicted octanol–water partition coefficient (Wildman–Crippen LogP) is 2.73. The average Bonchev–Trinajstić information content (AvgIpc) is 2.63. The molecule has 3 N–H and O–H groups in total. The van der Waals surface area contributed by atoms with Crippen molar-refractivity contribution in [2.24, 2.45) is 5.92 Å². The van der Waals surface area contributed by atoms with Gasteiger partial charge < -0.3 is 11.1 Å². The summed E-state index contributed by atoms with van der Waals surface area (Å²) in [4.78, 5) is 25.0. The van der Waals surface area contributed by atoms with Crippen LogP contribution in [0.3, 0.4) is 0 Å². The molecule has 2 unspecified atom stereocenters. The predicted molar refractivity (Wildman–Crippen MR) is 93.8 cm³/mol. The van der Waals surface area contributed by atoms with E-state index in [4.69, 9.17) is 5.73 Å². The number of allylic oxidation sites excluding steroid dienone is 2. The number of rotatable bonds is 5. The van der Waals surface area contributed by atoms with Crippen molar-refractivity contribution in [3.05, 3.63) is 48.3 Å². The Morgan fingerprint density at radius 1 is 1.24 bits per heavy atom. The number of ketones is 1. The van der Waals surface area contributed by atoms with Crippen LogP contribution in [0.25, 0.3) is 0 Å². The van der Waals surface area contributed by atoms with Crippen LogP contribution in [0.2, 0.25) is 0 Å². The fourth-order valence-electron chi connectivity index (χ4n) is 2.78. The van der Waals surface area contributed by atoms with E-state index < -0.39 is 5.92 Å². The number of carbonyl (C=O) groups excluding carboxylic acids is 1. The van der Waals surface area contributed by atoms with Crippen LogP contribution in [0, 0.1) is 17.2 Å². The Labute approximate surface area is 145 Å². The number of para-hydroxylation sites is 1. The number of aromatic nitrogens is 3. The Hall–Kier alpha value is -3.27. The molecule has 126 valence electrons. The molecule has 1 heterocycles. The van der Waals surface area contributed by atoms with E-state index in [1.165, 1.54) is 0 Å². The first kappa shape index (κ1) is 16.6. The summed E-state index contributed by atoms with van der Waals surface area (Å²) in [6, 6.07) is 11.3. The zero-order chi connectivity index (χ0) is 17.6. The molecular formula is C18H18N6O. The second kappa shape index (κ2) is 7.53. The minimum Gasteiger partial charge on any atom is -0.368 e. The Morgan fingerprint density at radius 2 is 2.04 bits per heavy atom. The highest BCUT2D eigenvalue weighted by molar-refractivity contribution is 5.90.